The summed E-state index contributed by atoms with van der Waals surface area (Å²) in [6, 6.07) is 12.4. The number of carboxylic acids is 1. The van der Waals surface area contributed by atoms with Gasteiger partial charge < -0.3 is 20.3 Å². The molecule has 7 nitrogen and oxygen atoms in total. The molecule has 1 amide bonds. The first-order chi connectivity index (χ1) is 12.0. The molecule has 2 N–H and O–H groups in total. The third kappa shape index (κ3) is 3.45. The first kappa shape index (κ1) is 16.5. The largest absolute Gasteiger partial charge is 0.872 e. The molecular weight excluding hydrogens is 326 g/mol. The second-order valence-corrected chi connectivity index (χ2v) is 5.64. The molecule has 25 heavy (non-hydrogen) atoms. The van der Waals surface area contributed by atoms with Gasteiger partial charge >= 0.3 is 11.9 Å². The highest BCUT2D eigenvalue weighted by molar-refractivity contribution is 5.97. The molecule has 0 radical (unpaired) electrons. The second kappa shape index (κ2) is 6.64. The summed E-state index contributed by atoms with van der Waals surface area (Å²) in [5, 5.41) is 23.1. The van der Waals surface area contributed by atoms with E-state index in [9.17, 15) is 19.5 Å². The van der Waals surface area contributed by atoms with Crippen molar-refractivity contribution in [3.05, 3.63) is 59.7 Å². The lowest BCUT2D eigenvalue weighted by Gasteiger charge is -2.18. The SMILES string of the molecule is O=C1C[C@@H](C(=O)Nc2ccc(C(=O)O)c([O-])c2)[C@@H](c2ccccc2)O1. The van der Waals surface area contributed by atoms with Gasteiger partial charge in [-0.2, -0.15) is 0 Å². The van der Waals surface area contributed by atoms with Crippen LogP contribution in [-0.4, -0.2) is 23.0 Å². The highest BCUT2D eigenvalue weighted by Gasteiger charge is 2.40. The van der Waals surface area contributed by atoms with Gasteiger partial charge in [0, 0.05) is 5.69 Å². The molecule has 0 saturated carbocycles. The molecule has 0 aliphatic carbocycles. The summed E-state index contributed by atoms with van der Waals surface area (Å²) in [7, 11) is 0. The van der Waals surface area contributed by atoms with E-state index >= 15 is 0 Å². The number of cyclic esters (lactones) is 1. The van der Waals surface area contributed by atoms with Crippen molar-refractivity contribution in [3.63, 3.8) is 0 Å². The minimum absolute atomic E-state index is 0.0666. The van der Waals surface area contributed by atoms with Crippen LogP contribution in [0.3, 0.4) is 0 Å². The molecule has 7 heteroatoms. The van der Waals surface area contributed by atoms with E-state index in [2.05, 4.69) is 5.32 Å². The van der Waals surface area contributed by atoms with Crippen molar-refractivity contribution >= 4 is 23.5 Å². The molecule has 0 bridgehead atoms. The fraction of sp³-hybridized carbons (Fsp3) is 0.167. The fourth-order valence-electron chi connectivity index (χ4n) is 2.74. The number of rotatable bonds is 4. The number of aromatic carboxylic acids is 1. The lowest BCUT2D eigenvalue weighted by atomic mass is 9.94. The van der Waals surface area contributed by atoms with Gasteiger partial charge in [-0.1, -0.05) is 36.1 Å². The lowest BCUT2D eigenvalue weighted by molar-refractivity contribution is -0.268. The Morgan fingerprint density at radius 1 is 1.16 bits per heavy atom. The van der Waals surface area contributed by atoms with E-state index in [1.54, 1.807) is 24.3 Å². The second-order valence-electron chi connectivity index (χ2n) is 5.64. The highest BCUT2D eigenvalue weighted by atomic mass is 16.6. The highest BCUT2D eigenvalue weighted by Crippen LogP contribution is 2.36. The van der Waals surface area contributed by atoms with E-state index in [0.29, 0.717) is 5.56 Å². The number of benzene rings is 2. The van der Waals surface area contributed by atoms with Gasteiger partial charge in [0.05, 0.1) is 17.9 Å². The summed E-state index contributed by atoms with van der Waals surface area (Å²) in [5.41, 5.74) is 0.505. The Labute approximate surface area is 142 Å². The molecule has 2 aromatic rings. The maximum atomic E-state index is 12.5. The smallest absolute Gasteiger partial charge is 0.335 e. The molecule has 3 rings (SSSR count). The van der Waals surface area contributed by atoms with Crippen LogP contribution >= 0.6 is 0 Å². The monoisotopic (exact) mass is 340 g/mol. The van der Waals surface area contributed by atoms with Gasteiger partial charge in [-0.3, -0.25) is 9.59 Å². The minimum atomic E-state index is -1.33. The summed E-state index contributed by atoms with van der Waals surface area (Å²) in [5.74, 6) is -3.71. The van der Waals surface area contributed by atoms with Crippen LogP contribution in [0, 0.1) is 5.92 Å². The molecular formula is C18H14NO6-. The number of anilines is 1. The number of hydrogen-bond donors (Lipinski definition) is 2. The summed E-state index contributed by atoms with van der Waals surface area (Å²) >= 11 is 0. The maximum absolute atomic E-state index is 12.5. The van der Waals surface area contributed by atoms with Crippen molar-refractivity contribution < 1.29 is 29.3 Å². The molecule has 1 aliphatic heterocycles. The van der Waals surface area contributed by atoms with Crippen molar-refractivity contribution in [2.45, 2.75) is 12.5 Å². The van der Waals surface area contributed by atoms with Crippen LogP contribution in [0.1, 0.15) is 28.4 Å². The van der Waals surface area contributed by atoms with Crippen LogP contribution in [-0.2, 0) is 14.3 Å². The van der Waals surface area contributed by atoms with Gasteiger partial charge in [-0.05, 0) is 23.8 Å². The number of nitrogens with one attached hydrogen (secondary N) is 1. The van der Waals surface area contributed by atoms with Crippen molar-refractivity contribution in [1.29, 1.82) is 0 Å². The standard InChI is InChI=1S/C18H15NO6/c20-14-8-11(6-7-12(14)18(23)24)19-17(22)13-9-15(21)25-16(13)10-4-2-1-3-5-10/h1-8,13,16,20H,9H2,(H,19,22)(H,23,24)/p-1/t13-,16-/m1/s1. The number of amides is 1. The van der Waals surface area contributed by atoms with Gasteiger partial charge in [0.25, 0.3) is 0 Å². The van der Waals surface area contributed by atoms with Crippen LogP contribution in [0.15, 0.2) is 48.5 Å². The summed E-state index contributed by atoms with van der Waals surface area (Å²) in [6.45, 7) is 0. The third-order valence-electron chi connectivity index (χ3n) is 3.95. The van der Waals surface area contributed by atoms with Crippen LogP contribution in [0.2, 0.25) is 0 Å². The van der Waals surface area contributed by atoms with E-state index in [-0.39, 0.29) is 17.7 Å². The molecule has 0 unspecified atom stereocenters. The van der Waals surface area contributed by atoms with Gasteiger partial charge in [0.1, 0.15) is 6.10 Å². The van der Waals surface area contributed by atoms with Gasteiger partial charge in [0.15, 0.2) is 0 Å². The first-order valence-electron chi connectivity index (χ1n) is 7.55. The van der Waals surface area contributed by atoms with Crippen molar-refractivity contribution in [2.75, 3.05) is 5.32 Å². The summed E-state index contributed by atoms with van der Waals surface area (Å²) < 4.78 is 5.25. The Kier molecular flexibility index (Phi) is 4.38. The first-order valence-corrected chi connectivity index (χ1v) is 7.55. The third-order valence-corrected chi connectivity index (χ3v) is 3.95. The Balaban J connectivity index is 1.79. The van der Waals surface area contributed by atoms with Crippen molar-refractivity contribution in [2.24, 2.45) is 5.92 Å². The number of ether oxygens (including phenoxy) is 1. The van der Waals surface area contributed by atoms with E-state index in [1.807, 2.05) is 6.07 Å². The Hall–Kier alpha value is -3.35. The number of hydrogen-bond acceptors (Lipinski definition) is 5. The number of carboxylic acid groups (broad SMARTS) is 1. The molecule has 2 aromatic carbocycles. The lowest BCUT2D eigenvalue weighted by Crippen LogP contribution is -2.25. The van der Waals surface area contributed by atoms with Crippen molar-refractivity contribution in [3.8, 4) is 5.75 Å². The average Bonchev–Trinajstić information content (AvgIpc) is 2.97. The topological polar surface area (TPSA) is 116 Å². The van der Waals surface area contributed by atoms with E-state index in [1.165, 1.54) is 6.07 Å². The number of esters is 1. The molecule has 0 spiro atoms. The van der Waals surface area contributed by atoms with E-state index in [0.717, 1.165) is 12.1 Å². The van der Waals surface area contributed by atoms with Crippen LogP contribution < -0.4 is 10.4 Å². The Bertz CT molecular complexity index is 833. The molecule has 1 aliphatic rings. The summed E-state index contributed by atoms with van der Waals surface area (Å²) in [6.07, 6.45) is -0.762. The van der Waals surface area contributed by atoms with Crippen LogP contribution in [0.5, 0.6) is 5.75 Å². The van der Waals surface area contributed by atoms with Crippen LogP contribution in [0.4, 0.5) is 5.69 Å². The zero-order valence-electron chi connectivity index (χ0n) is 13.0. The van der Waals surface area contributed by atoms with Gasteiger partial charge in [-0.25, -0.2) is 4.79 Å². The molecule has 2 atom stereocenters. The molecule has 0 aromatic heterocycles. The number of carbonyl (C=O) groups excluding carboxylic acids is 2. The summed E-state index contributed by atoms with van der Waals surface area (Å²) in [4.78, 5) is 35.0. The minimum Gasteiger partial charge on any atom is -0.872 e. The van der Waals surface area contributed by atoms with Gasteiger partial charge in [-0.15, -0.1) is 0 Å². The maximum Gasteiger partial charge on any atom is 0.335 e. The van der Waals surface area contributed by atoms with Crippen LogP contribution in [0.25, 0.3) is 0 Å². The zero-order chi connectivity index (χ0) is 18.0. The molecule has 1 heterocycles. The van der Waals surface area contributed by atoms with E-state index < -0.39 is 35.6 Å². The van der Waals surface area contributed by atoms with E-state index in [4.69, 9.17) is 9.84 Å². The quantitative estimate of drug-likeness (QED) is 0.819. The predicted octanol–water partition coefficient (Wildman–Crippen LogP) is 1.70. The fourth-order valence-corrected chi connectivity index (χ4v) is 2.74. The van der Waals surface area contributed by atoms with Crippen molar-refractivity contribution in [1.82, 2.24) is 0 Å². The molecule has 128 valence electrons. The normalized spacial score (nSPS) is 19.3. The molecule has 1 saturated heterocycles. The predicted molar refractivity (Wildman–Crippen MR) is 84.9 cm³/mol. The zero-order valence-corrected chi connectivity index (χ0v) is 13.0. The number of carbonyl (C=O) groups is 3. The molecule has 1 fully saturated rings. The Morgan fingerprint density at radius 2 is 1.88 bits per heavy atom. The average molecular weight is 340 g/mol. The van der Waals surface area contributed by atoms with Gasteiger partial charge in [0.2, 0.25) is 5.91 Å². The Morgan fingerprint density at radius 3 is 2.52 bits per heavy atom.